The lowest BCUT2D eigenvalue weighted by atomic mass is 10.1. The number of hydrogen-bond acceptors (Lipinski definition) is 2. The average molecular weight is 371 g/mol. The molecule has 0 atom stereocenters. The number of nitrogens with one attached hydrogen (secondary N) is 2. The van der Waals surface area contributed by atoms with E-state index in [2.05, 4.69) is 50.2 Å². The molecule has 0 bridgehead atoms. The van der Waals surface area contributed by atoms with Crippen LogP contribution in [0.5, 0.6) is 0 Å². The molecule has 0 aliphatic heterocycles. The Bertz CT molecular complexity index is 215. The Hall–Kier alpha value is -0.0400. The second-order valence-corrected chi connectivity index (χ2v) is 5.10. The van der Waals surface area contributed by atoms with E-state index in [9.17, 15) is 0 Å². The molecule has 0 aromatic carbocycles. The topological polar surface area (TPSA) is 45.6 Å². The van der Waals surface area contributed by atoms with E-state index in [4.69, 9.17) is 4.74 Å². The van der Waals surface area contributed by atoms with E-state index in [1.807, 2.05) is 0 Å². The first kappa shape index (κ1) is 20.3. The summed E-state index contributed by atoms with van der Waals surface area (Å²) in [5.41, 5.74) is 0.0318. The highest BCUT2D eigenvalue weighted by Gasteiger charge is 2.11. The van der Waals surface area contributed by atoms with Gasteiger partial charge < -0.3 is 15.4 Å². The van der Waals surface area contributed by atoms with Gasteiger partial charge in [0.2, 0.25) is 0 Å². The minimum atomic E-state index is 0. The van der Waals surface area contributed by atoms with Crippen molar-refractivity contribution in [1.82, 2.24) is 10.6 Å². The Kier molecular flexibility index (Phi) is 13.5. The lowest BCUT2D eigenvalue weighted by molar-refractivity contribution is 0.138. The van der Waals surface area contributed by atoms with E-state index < -0.39 is 0 Å². The normalized spacial score (nSPS) is 11.9. The molecule has 5 heteroatoms. The highest BCUT2D eigenvalue weighted by molar-refractivity contribution is 14.0. The van der Waals surface area contributed by atoms with Crippen LogP contribution in [-0.2, 0) is 4.74 Å². The van der Waals surface area contributed by atoms with Crippen molar-refractivity contribution in [3.8, 4) is 0 Å². The van der Waals surface area contributed by atoms with Crippen LogP contribution in [0.25, 0.3) is 0 Å². The van der Waals surface area contributed by atoms with Gasteiger partial charge in [0, 0.05) is 18.7 Å². The molecule has 0 unspecified atom stereocenters. The monoisotopic (exact) mass is 371 g/mol. The fourth-order valence-corrected chi connectivity index (χ4v) is 1.23. The number of halogens is 1. The Labute approximate surface area is 129 Å². The summed E-state index contributed by atoms with van der Waals surface area (Å²) < 4.78 is 5.47. The van der Waals surface area contributed by atoms with Gasteiger partial charge in [-0.25, -0.2) is 0 Å². The summed E-state index contributed by atoms with van der Waals surface area (Å²) in [6, 6.07) is 0. The van der Waals surface area contributed by atoms with E-state index in [1.165, 1.54) is 6.42 Å². The summed E-state index contributed by atoms with van der Waals surface area (Å²) in [7, 11) is 0. The summed E-state index contributed by atoms with van der Waals surface area (Å²) in [4.78, 5) is 4.47. The molecule has 0 heterocycles. The van der Waals surface area contributed by atoms with Crippen LogP contribution in [0.15, 0.2) is 4.99 Å². The molecule has 0 amide bonds. The molecular formula is C13H30IN3O. The minimum Gasteiger partial charge on any atom is -0.380 e. The van der Waals surface area contributed by atoms with Crippen LogP contribution < -0.4 is 10.6 Å². The minimum absolute atomic E-state index is 0. The zero-order valence-corrected chi connectivity index (χ0v) is 14.8. The number of guanidine groups is 1. The van der Waals surface area contributed by atoms with E-state index in [0.717, 1.165) is 25.5 Å². The number of ether oxygens (including phenoxy) is 1. The molecule has 0 aromatic rings. The Morgan fingerprint density at radius 2 is 1.83 bits per heavy atom. The van der Waals surface area contributed by atoms with Crippen molar-refractivity contribution < 1.29 is 4.74 Å². The predicted molar refractivity (Wildman–Crippen MR) is 90.0 cm³/mol. The lowest BCUT2D eigenvalue weighted by Crippen LogP contribution is -2.47. The second-order valence-electron chi connectivity index (χ2n) is 5.10. The lowest BCUT2D eigenvalue weighted by Gasteiger charge is -2.23. The standard InChI is InChI=1S/C13H29N3O.HI/c1-6-8-10-17-11-9-15-12(14-7-2)16-13(3,4)5;/h6-11H2,1-5H3,(H2,14,15,16);1H. The smallest absolute Gasteiger partial charge is 0.191 e. The Morgan fingerprint density at radius 1 is 1.17 bits per heavy atom. The third kappa shape index (κ3) is 14.0. The van der Waals surface area contributed by atoms with Crippen LogP contribution in [0.3, 0.4) is 0 Å². The maximum atomic E-state index is 5.47. The number of nitrogens with zero attached hydrogens (tertiary/aromatic N) is 1. The fraction of sp³-hybridized carbons (Fsp3) is 0.923. The maximum Gasteiger partial charge on any atom is 0.191 e. The van der Waals surface area contributed by atoms with Gasteiger partial charge in [-0.05, 0) is 34.1 Å². The van der Waals surface area contributed by atoms with Crippen LogP contribution >= 0.6 is 24.0 Å². The molecule has 0 aliphatic rings. The molecule has 0 aromatic heterocycles. The first-order valence-electron chi connectivity index (χ1n) is 6.63. The molecule has 0 saturated heterocycles. The SMILES string of the molecule is CCCCOCCN=C(NCC)NC(C)(C)C.I. The van der Waals surface area contributed by atoms with E-state index in [1.54, 1.807) is 0 Å². The van der Waals surface area contributed by atoms with Gasteiger partial charge in [-0.3, -0.25) is 4.99 Å². The third-order valence-electron chi connectivity index (χ3n) is 1.99. The van der Waals surface area contributed by atoms with Crippen molar-refractivity contribution in [3.63, 3.8) is 0 Å². The van der Waals surface area contributed by atoms with Gasteiger partial charge in [0.05, 0.1) is 13.2 Å². The van der Waals surface area contributed by atoms with Gasteiger partial charge >= 0.3 is 0 Å². The van der Waals surface area contributed by atoms with Crippen molar-refractivity contribution in [2.24, 2.45) is 4.99 Å². The highest BCUT2D eigenvalue weighted by Crippen LogP contribution is 1.97. The summed E-state index contributed by atoms with van der Waals surface area (Å²) in [6.07, 6.45) is 2.31. The molecule has 4 nitrogen and oxygen atoms in total. The van der Waals surface area contributed by atoms with Gasteiger partial charge in [0.25, 0.3) is 0 Å². The van der Waals surface area contributed by atoms with Gasteiger partial charge in [-0.1, -0.05) is 13.3 Å². The van der Waals surface area contributed by atoms with Crippen molar-refractivity contribution in [3.05, 3.63) is 0 Å². The molecule has 0 spiro atoms. The molecule has 0 saturated carbocycles. The van der Waals surface area contributed by atoms with Gasteiger partial charge in [0.15, 0.2) is 5.96 Å². The Morgan fingerprint density at radius 3 is 2.33 bits per heavy atom. The summed E-state index contributed by atoms with van der Waals surface area (Å²) in [5.74, 6) is 0.860. The number of aliphatic imine (C=N–C) groups is 1. The fourth-order valence-electron chi connectivity index (χ4n) is 1.23. The summed E-state index contributed by atoms with van der Waals surface area (Å²) >= 11 is 0. The largest absolute Gasteiger partial charge is 0.380 e. The first-order chi connectivity index (χ1) is 7.99. The van der Waals surface area contributed by atoms with Crippen LogP contribution in [0, 0.1) is 0 Å². The maximum absolute atomic E-state index is 5.47. The van der Waals surface area contributed by atoms with Crippen molar-refractivity contribution in [2.45, 2.75) is 53.0 Å². The Balaban J connectivity index is 0. The van der Waals surface area contributed by atoms with E-state index in [-0.39, 0.29) is 29.5 Å². The first-order valence-corrected chi connectivity index (χ1v) is 6.63. The molecular weight excluding hydrogens is 341 g/mol. The second kappa shape index (κ2) is 12.0. The van der Waals surface area contributed by atoms with Gasteiger partial charge in [-0.15, -0.1) is 24.0 Å². The van der Waals surface area contributed by atoms with Crippen LogP contribution in [0.1, 0.15) is 47.5 Å². The van der Waals surface area contributed by atoms with Crippen molar-refractivity contribution in [1.29, 1.82) is 0 Å². The quantitative estimate of drug-likeness (QED) is 0.313. The zero-order valence-electron chi connectivity index (χ0n) is 12.5. The van der Waals surface area contributed by atoms with Crippen molar-refractivity contribution >= 4 is 29.9 Å². The molecule has 0 fully saturated rings. The number of rotatable bonds is 7. The number of unbranched alkanes of at least 4 members (excludes halogenated alkanes) is 1. The average Bonchev–Trinajstić information content (AvgIpc) is 2.21. The van der Waals surface area contributed by atoms with Crippen molar-refractivity contribution in [2.75, 3.05) is 26.3 Å². The highest BCUT2D eigenvalue weighted by atomic mass is 127. The zero-order chi connectivity index (χ0) is 13.1. The molecule has 110 valence electrons. The van der Waals surface area contributed by atoms with Gasteiger partial charge in [0.1, 0.15) is 0 Å². The van der Waals surface area contributed by atoms with E-state index >= 15 is 0 Å². The third-order valence-corrected chi connectivity index (χ3v) is 1.99. The molecule has 18 heavy (non-hydrogen) atoms. The molecule has 2 N–H and O–H groups in total. The van der Waals surface area contributed by atoms with Gasteiger partial charge in [-0.2, -0.15) is 0 Å². The van der Waals surface area contributed by atoms with Crippen LogP contribution in [0.4, 0.5) is 0 Å². The van der Waals surface area contributed by atoms with Crippen LogP contribution in [-0.4, -0.2) is 37.8 Å². The predicted octanol–water partition coefficient (Wildman–Crippen LogP) is 2.77. The molecule has 0 rings (SSSR count). The number of hydrogen-bond donors (Lipinski definition) is 2. The van der Waals surface area contributed by atoms with Crippen LogP contribution in [0.2, 0.25) is 0 Å². The molecule has 0 aliphatic carbocycles. The van der Waals surface area contributed by atoms with E-state index in [0.29, 0.717) is 13.2 Å². The summed E-state index contributed by atoms with van der Waals surface area (Å²) in [6.45, 7) is 13.7. The summed E-state index contributed by atoms with van der Waals surface area (Å²) in [5, 5.41) is 6.57. The molecule has 0 radical (unpaired) electrons.